The molecule has 0 bridgehead atoms. The van der Waals surface area contributed by atoms with Gasteiger partial charge in [-0.1, -0.05) is 6.07 Å². The molecule has 5 nitrogen and oxygen atoms in total. The molecule has 1 heterocycles. The van der Waals surface area contributed by atoms with Gasteiger partial charge in [0.25, 0.3) is 11.8 Å². The molecule has 19 heavy (non-hydrogen) atoms. The lowest BCUT2D eigenvalue weighted by atomic mass is 10.1. The quantitative estimate of drug-likeness (QED) is 0.645. The minimum Gasteiger partial charge on any atom is -0.398 e. The first-order chi connectivity index (χ1) is 9.15. The van der Waals surface area contributed by atoms with Crippen LogP contribution in [0.2, 0.25) is 0 Å². The molecule has 1 aromatic carbocycles. The number of methoxy groups -OCH3 is 1. The molecule has 1 saturated carbocycles. The van der Waals surface area contributed by atoms with Gasteiger partial charge < -0.3 is 10.5 Å². The van der Waals surface area contributed by atoms with Gasteiger partial charge in [0.15, 0.2) is 0 Å². The molecule has 2 atom stereocenters. The molecule has 2 amide bonds. The Morgan fingerprint density at radius 2 is 2.05 bits per heavy atom. The lowest BCUT2D eigenvalue weighted by molar-refractivity contribution is 0.0279. The zero-order valence-corrected chi connectivity index (χ0v) is 10.8. The zero-order valence-electron chi connectivity index (χ0n) is 10.8. The van der Waals surface area contributed by atoms with Crippen molar-refractivity contribution in [2.75, 3.05) is 12.8 Å². The van der Waals surface area contributed by atoms with Crippen molar-refractivity contribution < 1.29 is 14.3 Å². The van der Waals surface area contributed by atoms with Crippen LogP contribution in [0.1, 0.15) is 40.0 Å². The van der Waals surface area contributed by atoms with E-state index in [0.717, 1.165) is 19.3 Å². The van der Waals surface area contributed by atoms with Crippen LogP contribution in [0, 0.1) is 0 Å². The number of nitrogen functional groups attached to an aromatic ring is 1. The molecule has 2 N–H and O–H groups in total. The topological polar surface area (TPSA) is 72.6 Å². The largest absolute Gasteiger partial charge is 0.398 e. The number of carbonyl (C=O) groups excluding carboxylic acids is 2. The molecule has 2 unspecified atom stereocenters. The SMILES string of the molecule is COC1CCCC1N1C(=O)c2cccc(N)c2C1=O. The van der Waals surface area contributed by atoms with Crippen molar-refractivity contribution >= 4 is 17.5 Å². The second kappa shape index (κ2) is 4.35. The van der Waals surface area contributed by atoms with E-state index in [-0.39, 0.29) is 24.0 Å². The Labute approximate surface area is 111 Å². The van der Waals surface area contributed by atoms with Gasteiger partial charge >= 0.3 is 0 Å². The van der Waals surface area contributed by atoms with Crippen LogP contribution >= 0.6 is 0 Å². The minimum absolute atomic E-state index is 0.0663. The van der Waals surface area contributed by atoms with E-state index in [1.54, 1.807) is 25.3 Å². The second-order valence-corrected chi connectivity index (χ2v) is 5.02. The molecule has 100 valence electrons. The van der Waals surface area contributed by atoms with Crippen LogP contribution in [0.25, 0.3) is 0 Å². The number of ether oxygens (including phenoxy) is 1. The number of fused-ring (bicyclic) bond motifs is 1. The molecule has 0 aromatic heterocycles. The Morgan fingerprint density at radius 3 is 2.74 bits per heavy atom. The summed E-state index contributed by atoms with van der Waals surface area (Å²) in [6.07, 6.45) is 2.57. The smallest absolute Gasteiger partial charge is 0.263 e. The Morgan fingerprint density at radius 1 is 1.26 bits per heavy atom. The highest BCUT2D eigenvalue weighted by atomic mass is 16.5. The third kappa shape index (κ3) is 1.65. The van der Waals surface area contributed by atoms with Gasteiger partial charge in [-0.3, -0.25) is 14.5 Å². The van der Waals surface area contributed by atoms with Crippen LogP contribution in [0.3, 0.4) is 0 Å². The molecule has 1 aliphatic heterocycles. The molecule has 1 fully saturated rings. The fourth-order valence-corrected chi connectivity index (χ4v) is 3.11. The highest BCUT2D eigenvalue weighted by Crippen LogP contribution is 2.34. The lowest BCUT2D eigenvalue weighted by Crippen LogP contribution is -2.44. The standard InChI is InChI=1S/C14H16N2O3/c1-19-11-7-3-6-10(11)16-13(17)8-4-2-5-9(15)12(8)14(16)18/h2,4-5,10-11H,3,6-7,15H2,1H3. The van der Waals surface area contributed by atoms with Crippen LogP contribution in [0.4, 0.5) is 5.69 Å². The molecule has 1 aliphatic carbocycles. The maximum Gasteiger partial charge on any atom is 0.263 e. The van der Waals surface area contributed by atoms with Crippen LogP contribution in [0.15, 0.2) is 18.2 Å². The van der Waals surface area contributed by atoms with E-state index in [2.05, 4.69) is 0 Å². The fraction of sp³-hybridized carbons (Fsp3) is 0.429. The first-order valence-electron chi connectivity index (χ1n) is 6.44. The number of rotatable bonds is 2. The predicted octanol–water partition coefficient (Wildman–Crippen LogP) is 1.43. The number of nitrogens with two attached hydrogens (primary N) is 1. The van der Waals surface area contributed by atoms with E-state index in [0.29, 0.717) is 16.8 Å². The van der Waals surface area contributed by atoms with E-state index in [1.165, 1.54) is 4.90 Å². The zero-order chi connectivity index (χ0) is 13.6. The molecular weight excluding hydrogens is 244 g/mol. The van der Waals surface area contributed by atoms with Gasteiger partial charge in [0.2, 0.25) is 0 Å². The Kier molecular flexibility index (Phi) is 2.78. The highest BCUT2D eigenvalue weighted by Gasteiger charge is 2.45. The predicted molar refractivity (Wildman–Crippen MR) is 69.8 cm³/mol. The van der Waals surface area contributed by atoms with Gasteiger partial charge in [-0.05, 0) is 31.4 Å². The summed E-state index contributed by atoms with van der Waals surface area (Å²) in [6, 6.07) is 4.83. The van der Waals surface area contributed by atoms with E-state index >= 15 is 0 Å². The van der Waals surface area contributed by atoms with Crippen molar-refractivity contribution in [2.45, 2.75) is 31.4 Å². The summed E-state index contributed by atoms with van der Waals surface area (Å²) in [7, 11) is 1.62. The van der Waals surface area contributed by atoms with Crippen molar-refractivity contribution in [3.8, 4) is 0 Å². The molecule has 0 saturated heterocycles. The first-order valence-corrected chi connectivity index (χ1v) is 6.44. The third-order valence-electron chi connectivity index (χ3n) is 4.03. The number of imide groups is 1. The van der Waals surface area contributed by atoms with Gasteiger partial charge in [0.05, 0.1) is 23.3 Å². The maximum atomic E-state index is 12.4. The van der Waals surface area contributed by atoms with Crippen molar-refractivity contribution in [2.24, 2.45) is 0 Å². The number of nitrogens with zero attached hydrogens (tertiary/aromatic N) is 1. The molecule has 3 rings (SSSR count). The second-order valence-electron chi connectivity index (χ2n) is 5.02. The summed E-state index contributed by atoms with van der Waals surface area (Å²) in [4.78, 5) is 26.2. The van der Waals surface area contributed by atoms with Crippen LogP contribution in [-0.2, 0) is 4.74 Å². The molecular formula is C14H16N2O3. The average Bonchev–Trinajstić information content (AvgIpc) is 2.94. The first kappa shape index (κ1) is 12.2. The van der Waals surface area contributed by atoms with Gasteiger partial charge in [-0.25, -0.2) is 0 Å². The summed E-state index contributed by atoms with van der Waals surface area (Å²) in [5.41, 5.74) is 6.94. The molecule has 0 radical (unpaired) electrons. The van der Waals surface area contributed by atoms with E-state index in [4.69, 9.17) is 10.5 Å². The van der Waals surface area contributed by atoms with Crippen molar-refractivity contribution in [1.82, 2.24) is 4.90 Å². The van der Waals surface area contributed by atoms with Gasteiger partial charge in [-0.15, -0.1) is 0 Å². The highest BCUT2D eigenvalue weighted by molar-refractivity contribution is 6.23. The number of hydrogen-bond acceptors (Lipinski definition) is 4. The maximum absolute atomic E-state index is 12.4. The fourth-order valence-electron chi connectivity index (χ4n) is 3.11. The van der Waals surface area contributed by atoms with Gasteiger partial charge in [0, 0.05) is 12.8 Å². The average molecular weight is 260 g/mol. The Balaban J connectivity index is 2.01. The lowest BCUT2D eigenvalue weighted by Gasteiger charge is -2.26. The molecule has 2 aliphatic rings. The summed E-state index contributed by atoms with van der Waals surface area (Å²) >= 11 is 0. The number of benzene rings is 1. The number of amides is 2. The van der Waals surface area contributed by atoms with Crippen molar-refractivity contribution in [3.05, 3.63) is 29.3 Å². The Hall–Kier alpha value is -1.88. The number of carbonyl (C=O) groups is 2. The van der Waals surface area contributed by atoms with Crippen LogP contribution < -0.4 is 5.73 Å². The van der Waals surface area contributed by atoms with Crippen molar-refractivity contribution in [1.29, 1.82) is 0 Å². The summed E-state index contributed by atoms with van der Waals surface area (Å²) < 4.78 is 5.38. The van der Waals surface area contributed by atoms with E-state index in [1.807, 2.05) is 0 Å². The summed E-state index contributed by atoms with van der Waals surface area (Å²) in [6.45, 7) is 0. The normalized spacial score (nSPS) is 26.1. The van der Waals surface area contributed by atoms with E-state index < -0.39 is 0 Å². The number of hydrogen-bond donors (Lipinski definition) is 1. The monoisotopic (exact) mass is 260 g/mol. The van der Waals surface area contributed by atoms with E-state index in [9.17, 15) is 9.59 Å². The molecule has 5 heteroatoms. The minimum atomic E-state index is -0.285. The third-order valence-corrected chi connectivity index (χ3v) is 4.03. The molecule has 1 aromatic rings. The van der Waals surface area contributed by atoms with Crippen LogP contribution in [-0.4, -0.2) is 36.0 Å². The number of anilines is 1. The molecule has 0 spiro atoms. The summed E-state index contributed by atoms with van der Waals surface area (Å²) in [5, 5.41) is 0. The van der Waals surface area contributed by atoms with Crippen molar-refractivity contribution in [3.63, 3.8) is 0 Å². The van der Waals surface area contributed by atoms with Crippen LogP contribution in [0.5, 0.6) is 0 Å². The Bertz CT molecular complexity index is 556. The summed E-state index contributed by atoms with van der Waals surface area (Å²) in [5.74, 6) is -0.534. The van der Waals surface area contributed by atoms with Gasteiger partial charge in [0.1, 0.15) is 0 Å². The van der Waals surface area contributed by atoms with Gasteiger partial charge in [-0.2, -0.15) is 0 Å².